The number of benzene rings is 2. The Morgan fingerprint density at radius 1 is 0.950 bits per heavy atom. The molecule has 1 aromatic heterocycles. The molecule has 0 aliphatic heterocycles. The van der Waals surface area contributed by atoms with Crippen molar-refractivity contribution in [2.75, 3.05) is 31.5 Å². The monoisotopic (exact) mass is 552 g/mol. The molecule has 2 N–H and O–H groups in total. The molecule has 0 spiro atoms. The number of hydrogen-bond donors (Lipinski definition) is 2. The van der Waals surface area contributed by atoms with E-state index in [-0.39, 0.29) is 18.7 Å². The quantitative estimate of drug-likeness (QED) is 0.357. The summed E-state index contributed by atoms with van der Waals surface area (Å²) < 4.78 is 21.7. The van der Waals surface area contributed by atoms with Crippen molar-refractivity contribution in [2.24, 2.45) is 0 Å². The lowest BCUT2D eigenvalue weighted by molar-refractivity contribution is -0.128. The second-order valence-corrected chi connectivity index (χ2v) is 10.0. The first-order chi connectivity index (χ1) is 19.0. The predicted molar refractivity (Wildman–Crippen MR) is 150 cm³/mol. The van der Waals surface area contributed by atoms with E-state index in [0.717, 1.165) is 0 Å². The fourth-order valence-electron chi connectivity index (χ4n) is 4.18. The number of rotatable bonds is 11. The average Bonchev–Trinajstić information content (AvgIpc) is 3.32. The standard InChI is InChI=1S/C29H36N4O7/c1-18-17-23(32-40-18)30-24(34)15-16-25(35)33(20-12-8-9-13-21(20)37-5)26(28(36)31-29(2,3)4)19-11-10-14-22(38-6)27(19)39-7/h8-14,17,26H,15-16H2,1-7H3,(H,31,36)(H,30,32,34)/t26-/m1/s1. The maximum atomic E-state index is 14.0. The summed E-state index contributed by atoms with van der Waals surface area (Å²) in [5.41, 5.74) is 0.124. The maximum absolute atomic E-state index is 14.0. The first kappa shape index (κ1) is 30.0. The fourth-order valence-corrected chi connectivity index (χ4v) is 4.18. The summed E-state index contributed by atoms with van der Waals surface area (Å²) in [5, 5.41) is 9.34. The van der Waals surface area contributed by atoms with Crippen molar-refractivity contribution >= 4 is 29.2 Å². The van der Waals surface area contributed by atoms with Gasteiger partial charge in [0.1, 0.15) is 17.6 Å². The molecule has 0 saturated heterocycles. The molecule has 40 heavy (non-hydrogen) atoms. The highest BCUT2D eigenvalue weighted by Gasteiger charge is 2.38. The number of carbonyl (C=O) groups excluding carboxylic acids is 3. The Hall–Kier alpha value is -4.54. The van der Waals surface area contributed by atoms with E-state index in [2.05, 4.69) is 15.8 Å². The normalized spacial score (nSPS) is 11.8. The number of anilines is 2. The van der Waals surface area contributed by atoms with Crippen LogP contribution in [0.2, 0.25) is 0 Å². The lowest BCUT2D eigenvalue weighted by Gasteiger charge is -2.35. The number of aryl methyl sites for hydroxylation is 1. The van der Waals surface area contributed by atoms with Gasteiger partial charge in [-0.05, 0) is 45.9 Å². The Morgan fingerprint density at radius 2 is 1.62 bits per heavy atom. The highest BCUT2D eigenvalue weighted by Crippen LogP contribution is 2.41. The third kappa shape index (κ3) is 7.31. The van der Waals surface area contributed by atoms with E-state index in [9.17, 15) is 14.4 Å². The van der Waals surface area contributed by atoms with Crippen molar-refractivity contribution < 1.29 is 33.1 Å². The van der Waals surface area contributed by atoms with Gasteiger partial charge in [-0.3, -0.25) is 19.3 Å². The van der Waals surface area contributed by atoms with Gasteiger partial charge < -0.3 is 29.4 Å². The van der Waals surface area contributed by atoms with Crippen LogP contribution in [0.1, 0.15) is 51.0 Å². The number of nitrogens with one attached hydrogen (secondary N) is 2. The summed E-state index contributed by atoms with van der Waals surface area (Å²) in [6, 6.07) is 12.4. The minimum absolute atomic E-state index is 0.167. The van der Waals surface area contributed by atoms with Crippen LogP contribution in [0.5, 0.6) is 17.2 Å². The van der Waals surface area contributed by atoms with E-state index in [1.807, 2.05) is 20.8 Å². The Balaban J connectivity index is 2.10. The number of aromatic nitrogens is 1. The summed E-state index contributed by atoms with van der Waals surface area (Å²) in [6.45, 7) is 7.23. The highest BCUT2D eigenvalue weighted by molar-refractivity contribution is 6.04. The van der Waals surface area contributed by atoms with E-state index in [4.69, 9.17) is 18.7 Å². The van der Waals surface area contributed by atoms with Gasteiger partial charge in [0, 0.05) is 30.0 Å². The molecule has 3 rings (SSSR count). The van der Waals surface area contributed by atoms with Gasteiger partial charge >= 0.3 is 0 Å². The minimum Gasteiger partial charge on any atom is -0.495 e. The van der Waals surface area contributed by atoms with Crippen LogP contribution in [0.25, 0.3) is 0 Å². The summed E-state index contributed by atoms with van der Waals surface area (Å²) in [7, 11) is 4.43. The van der Waals surface area contributed by atoms with Crippen LogP contribution in [-0.2, 0) is 14.4 Å². The van der Waals surface area contributed by atoms with Crippen LogP contribution in [0.3, 0.4) is 0 Å². The molecule has 0 saturated carbocycles. The van der Waals surface area contributed by atoms with Crippen molar-refractivity contribution in [2.45, 2.75) is 52.1 Å². The first-order valence-electron chi connectivity index (χ1n) is 12.7. The largest absolute Gasteiger partial charge is 0.495 e. The number of ether oxygens (including phenoxy) is 3. The molecular weight excluding hydrogens is 516 g/mol. The zero-order valence-electron chi connectivity index (χ0n) is 23.9. The molecule has 1 heterocycles. The number of para-hydroxylation sites is 3. The number of hydrogen-bond acceptors (Lipinski definition) is 8. The van der Waals surface area contributed by atoms with Crippen molar-refractivity contribution in [3.8, 4) is 17.2 Å². The van der Waals surface area contributed by atoms with Gasteiger partial charge in [-0.2, -0.15) is 0 Å². The Labute approximate surface area is 233 Å². The second kappa shape index (κ2) is 13.0. The van der Waals surface area contributed by atoms with Crippen molar-refractivity contribution in [1.29, 1.82) is 0 Å². The van der Waals surface area contributed by atoms with E-state index in [1.54, 1.807) is 55.5 Å². The molecule has 0 fully saturated rings. The summed E-state index contributed by atoms with van der Waals surface area (Å²) in [6.07, 6.45) is -0.383. The molecule has 1 atom stereocenters. The molecule has 3 amide bonds. The van der Waals surface area contributed by atoms with Gasteiger partial charge in [0.2, 0.25) is 17.7 Å². The number of amides is 3. The van der Waals surface area contributed by atoms with E-state index >= 15 is 0 Å². The molecule has 0 radical (unpaired) electrons. The predicted octanol–water partition coefficient (Wildman–Crippen LogP) is 4.42. The molecule has 214 valence electrons. The van der Waals surface area contributed by atoms with Crippen LogP contribution in [0.15, 0.2) is 53.1 Å². The van der Waals surface area contributed by atoms with Crippen molar-refractivity contribution in [1.82, 2.24) is 10.5 Å². The Kier molecular flexibility index (Phi) is 9.76. The van der Waals surface area contributed by atoms with Gasteiger partial charge in [0.15, 0.2) is 17.3 Å². The third-order valence-electron chi connectivity index (χ3n) is 5.81. The summed E-state index contributed by atoms with van der Waals surface area (Å²) in [4.78, 5) is 42.0. The molecule has 0 aliphatic rings. The first-order valence-corrected chi connectivity index (χ1v) is 12.7. The van der Waals surface area contributed by atoms with Gasteiger partial charge in [0.05, 0.1) is 27.0 Å². The van der Waals surface area contributed by atoms with Crippen LogP contribution >= 0.6 is 0 Å². The van der Waals surface area contributed by atoms with Gasteiger partial charge in [-0.1, -0.05) is 29.4 Å². The Morgan fingerprint density at radius 3 is 2.23 bits per heavy atom. The van der Waals surface area contributed by atoms with Crippen molar-refractivity contribution in [3.63, 3.8) is 0 Å². The molecule has 0 unspecified atom stereocenters. The molecule has 11 nitrogen and oxygen atoms in total. The maximum Gasteiger partial charge on any atom is 0.248 e. The minimum atomic E-state index is -1.20. The number of nitrogens with zero attached hydrogens (tertiary/aromatic N) is 2. The second-order valence-electron chi connectivity index (χ2n) is 10.0. The van der Waals surface area contributed by atoms with E-state index in [1.165, 1.54) is 26.2 Å². The zero-order chi connectivity index (χ0) is 29.4. The molecular formula is C29H36N4O7. The molecule has 0 bridgehead atoms. The van der Waals surface area contributed by atoms with Crippen LogP contribution in [-0.4, -0.2) is 49.7 Å². The van der Waals surface area contributed by atoms with E-state index < -0.39 is 29.3 Å². The van der Waals surface area contributed by atoms with Crippen molar-refractivity contribution in [3.05, 3.63) is 59.9 Å². The average molecular weight is 553 g/mol. The van der Waals surface area contributed by atoms with Crippen LogP contribution in [0, 0.1) is 6.92 Å². The van der Waals surface area contributed by atoms with Crippen LogP contribution in [0.4, 0.5) is 11.5 Å². The highest BCUT2D eigenvalue weighted by atomic mass is 16.5. The third-order valence-corrected chi connectivity index (χ3v) is 5.81. The Bertz CT molecular complexity index is 1350. The SMILES string of the molecule is COc1ccccc1N(C(=O)CCC(=O)Nc1cc(C)on1)[C@@H](C(=O)NC(C)(C)C)c1cccc(OC)c1OC. The topological polar surface area (TPSA) is 132 Å². The van der Waals surface area contributed by atoms with Crippen LogP contribution < -0.4 is 29.7 Å². The number of methoxy groups -OCH3 is 3. The van der Waals surface area contributed by atoms with E-state index in [0.29, 0.717) is 34.3 Å². The number of carbonyl (C=O) groups is 3. The lowest BCUT2D eigenvalue weighted by atomic mass is 9.98. The van der Waals surface area contributed by atoms with Gasteiger partial charge in [-0.25, -0.2) is 0 Å². The fraction of sp³-hybridized carbons (Fsp3) is 0.379. The molecule has 2 aromatic carbocycles. The summed E-state index contributed by atoms with van der Waals surface area (Å²) >= 11 is 0. The molecule has 0 aliphatic carbocycles. The smallest absolute Gasteiger partial charge is 0.248 e. The molecule has 11 heteroatoms. The zero-order valence-corrected chi connectivity index (χ0v) is 23.9. The van der Waals surface area contributed by atoms with Gasteiger partial charge in [0.25, 0.3) is 0 Å². The summed E-state index contributed by atoms with van der Waals surface area (Å²) in [5.74, 6) is 0.462. The molecule has 3 aromatic rings. The lowest BCUT2D eigenvalue weighted by Crippen LogP contribution is -2.49. The van der Waals surface area contributed by atoms with Gasteiger partial charge in [-0.15, -0.1) is 0 Å².